The lowest BCUT2D eigenvalue weighted by molar-refractivity contribution is -0.386. The Morgan fingerprint density at radius 2 is 2.25 bits per heavy atom. The summed E-state index contributed by atoms with van der Waals surface area (Å²) >= 11 is 0. The van der Waals surface area contributed by atoms with Crippen LogP contribution in [-0.2, 0) is 4.79 Å². The molecule has 1 amide bonds. The summed E-state index contributed by atoms with van der Waals surface area (Å²) in [6.07, 6.45) is -1.57. The molecule has 0 saturated heterocycles. The van der Waals surface area contributed by atoms with Gasteiger partial charge >= 0.3 is 5.69 Å². The third-order valence-corrected chi connectivity index (χ3v) is 2.51. The number of hydrogen-bond acceptors (Lipinski definition) is 7. The number of carbonyl (C=O) groups is 1. The summed E-state index contributed by atoms with van der Waals surface area (Å²) in [4.78, 5) is 24.5. The van der Waals surface area contributed by atoms with Gasteiger partial charge in [-0.2, -0.15) is 0 Å². The molecule has 20 heavy (non-hydrogen) atoms. The molecule has 0 radical (unpaired) electrons. The molecule has 0 aliphatic rings. The summed E-state index contributed by atoms with van der Waals surface area (Å²) < 4.78 is 4.73. The van der Waals surface area contributed by atoms with Gasteiger partial charge in [0.1, 0.15) is 12.2 Å². The van der Waals surface area contributed by atoms with Crippen molar-refractivity contribution in [2.24, 2.45) is 0 Å². The maximum absolute atomic E-state index is 10.8. The number of aliphatic hydroxyl groups is 2. The van der Waals surface area contributed by atoms with Crippen molar-refractivity contribution in [1.29, 1.82) is 0 Å². The minimum Gasteiger partial charge on any atom is -0.476 e. The molecule has 0 spiro atoms. The molecule has 0 saturated carbocycles. The molecule has 1 aromatic heterocycles. The Balaban J connectivity index is 2.93. The fourth-order valence-electron chi connectivity index (χ4n) is 1.49. The van der Waals surface area contributed by atoms with Crippen LogP contribution in [-0.4, -0.2) is 45.8 Å². The molecule has 2 atom stereocenters. The van der Waals surface area contributed by atoms with E-state index in [1.165, 1.54) is 14.0 Å². The van der Waals surface area contributed by atoms with E-state index in [1.807, 2.05) is 0 Å². The van der Waals surface area contributed by atoms with E-state index in [0.717, 1.165) is 12.3 Å². The Morgan fingerprint density at radius 3 is 2.75 bits per heavy atom. The predicted octanol–water partition coefficient (Wildman–Crippen LogP) is -0.471. The van der Waals surface area contributed by atoms with Crippen molar-refractivity contribution >= 4 is 11.6 Å². The second-order valence-electron chi connectivity index (χ2n) is 4.00. The molecule has 2 unspecified atom stereocenters. The molecular weight excluding hydrogens is 270 g/mol. The zero-order chi connectivity index (χ0) is 15.3. The first kappa shape index (κ1) is 15.8. The SMILES string of the molecule is COc1ncc(C(O)C(O)CNC(C)=O)cc1[N+](=O)[O-]. The highest BCUT2D eigenvalue weighted by Gasteiger charge is 2.24. The van der Waals surface area contributed by atoms with Crippen molar-refractivity contribution < 1.29 is 24.7 Å². The van der Waals surface area contributed by atoms with Crippen LogP contribution in [0.4, 0.5) is 5.69 Å². The van der Waals surface area contributed by atoms with E-state index in [4.69, 9.17) is 4.74 Å². The van der Waals surface area contributed by atoms with E-state index in [2.05, 4.69) is 10.3 Å². The van der Waals surface area contributed by atoms with Crippen LogP contribution in [0.25, 0.3) is 0 Å². The lowest BCUT2D eigenvalue weighted by Gasteiger charge is -2.18. The molecule has 9 heteroatoms. The average Bonchev–Trinajstić information content (AvgIpc) is 2.42. The first-order valence-corrected chi connectivity index (χ1v) is 5.65. The van der Waals surface area contributed by atoms with Crippen molar-refractivity contribution in [3.05, 3.63) is 27.9 Å². The molecule has 1 heterocycles. The van der Waals surface area contributed by atoms with E-state index in [-0.39, 0.29) is 23.9 Å². The van der Waals surface area contributed by atoms with E-state index < -0.39 is 22.8 Å². The van der Waals surface area contributed by atoms with Gasteiger partial charge in [-0.1, -0.05) is 0 Å². The molecule has 9 nitrogen and oxygen atoms in total. The second-order valence-corrected chi connectivity index (χ2v) is 4.00. The van der Waals surface area contributed by atoms with Gasteiger partial charge in [0.25, 0.3) is 5.88 Å². The minimum absolute atomic E-state index is 0.0513. The third-order valence-electron chi connectivity index (χ3n) is 2.51. The van der Waals surface area contributed by atoms with Gasteiger partial charge in [-0.05, 0) is 0 Å². The zero-order valence-electron chi connectivity index (χ0n) is 10.9. The summed E-state index contributed by atoms with van der Waals surface area (Å²) in [5.41, 5.74) is -0.369. The number of methoxy groups -OCH3 is 1. The van der Waals surface area contributed by atoms with Gasteiger partial charge in [0.05, 0.1) is 12.0 Å². The first-order valence-electron chi connectivity index (χ1n) is 5.65. The molecule has 1 aromatic rings. The van der Waals surface area contributed by atoms with Crippen molar-refractivity contribution in [3.8, 4) is 5.88 Å². The number of carbonyl (C=O) groups excluding carboxylic acids is 1. The van der Waals surface area contributed by atoms with E-state index in [1.54, 1.807) is 0 Å². The Kier molecular flexibility index (Phi) is 5.35. The Morgan fingerprint density at radius 1 is 1.60 bits per heavy atom. The highest BCUT2D eigenvalue weighted by molar-refractivity contribution is 5.72. The average molecular weight is 285 g/mol. The molecule has 110 valence electrons. The minimum atomic E-state index is -1.42. The van der Waals surface area contributed by atoms with Crippen LogP contribution in [0.15, 0.2) is 12.3 Å². The zero-order valence-corrected chi connectivity index (χ0v) is 10.9. The van der Waals surface area contributed by atoms with E-state index in [9.17, 15) is 25.1 Å². The quantitative estimate of drug-likeness (QED) is 0.475. The molecule has 0 aliphatic carbocycles. The van der Waals surface area contributed by atoms with Crippen LogP contribution in [0, 0.1) is 10.1 Å². The summed E-state index contributed by atoms with van der Waals surface area (Å²) in [5.74, 6) is -0.558. The van der Waals surface area contributed by atoms with Crippen LogP contribution in [0.5, 0.6) is 5.88 Å². The number of nitro groups is 1. The maximum Gasteiger partial charge on any atom is 0.331 e. The Bertz CT molecular complexity index is 507. The van der Waals surface area contributed by atoms with Gasteiger partial charge in [-0.25, -0.2) is 4.98 Å². The normalized spacial score (nSPS) is 13.4. The Labute approximate surface area is 114 Å². The number of rotatable bonds is 6. The van der Waals surface area contributed by atoms with Gasteiger partial charge in [0, 0.05) is 31.3 Å². The molecule has 0 fully saturated rings. The van der Waals surface area contributed by atoms with Crippen molar-refractivity contribution in [1.82, 2.24) is 10.3 Å². The predicted molar refractivity (Wildman–Crippen MR) is 67.1 cm³/mol. The second kappa shape index (κ2) is 6.78. The summed E-state index contributed by atoms with van der Waals surface area (Å²) in [7, 11) is 1.23. The largest absolute Gasteiger partial charge is 0.476 e. The number of aromatic nitrogens is 1. The smallest absolute Gasteiger partial charge is 0.331 e. The number of nitrogens with zero attached hydrogens (tertiary/aromatic N) is 2. The maximum atomic E-state index is 10.8. The van der Waals surface area contributed by atoms with Crippen molar-refractivity contribution in [2.45, 2.75) is 19.1 Å². The number of nitrogens with one attached hydrogen (secondary N) is 1. The Hall–Kier alpha value is -2.26. The van der Waals surface area contributed by atoms with Gasteiger partial charge in [-0.15, -0.1) is 0 Å². The van der Waals surface area contributed by atoms with Gasteiger partial charge in [0.2, 0.25) is 5.91 Å². The van der Waals surface area contributed by atoms with Crippen LogP contribution >= 0.6 is 0 Å². The van der Waals surface area contributed by atoms with Crippen molar-refractivity contribution in [3.63, 3.8) is 0 Å². The fraction of sp³-hybridized carbons (Fsp3) is 0.455. The summed E-state index contributed by atoms with van der Waals surface area (Å²) in [5, 5.41) is 32.7. The molecule has 0 aromatic carbocycles. The van der Waals surface area contributed by atoms with Gasteiger partial charge < -0.3 is 20.3 Å². The first-order chi connectivity index (χ1) is 9.36. The summed E-state index contributed by atoms with van der Waals surface area (Å²) in [6.45, 7) is 1.08. The molecule has 0 aliphatic heterocycles. The molecule has 3 N–H and O–H groups in total. The topological polar surface area (TPSA) is 135 Å². The van der Waals surface area contributed by atoms with Gasteiger partial charge in [-0.3, -0.25) is 14.9 Å². The summed E-state index contributed by atoms with van der Waals surface area (Å²) in [6, 6.07) is 1.06. The number of aliphatic hydroxyl groups excluding tert-OH is 2. The van der Waals surface area contributed by atoms with Gasteiger partial charge in [0.15, 0.2) is 0 Å². The monoisotopic (exact) mass is 285 g/mol. The highest BCUT2D eigenvalue weighted by atomic mass is 16.6. The lowest BCUT2D eigenvalue weighted by Crippen LogP contribution is -2.34. The third kappa shape index (κ3) is 3.87. The van der Waals surface area contributed by atoms with E-state index in [0.29, 0.717) is 0 Å². The van der Waals surface area contributed by atoms with E-state index >= 15 is 0 Å². The molecular formula is C11H15N3O6. The number of amides is 1. The standard InChI is InChI=1S/C11H15N3O6/c1-6(15)12-5-9(16)10(17)7-3-8(14(18)19)11(20-2)13-4-7/h3-4,9-10,16-17H,5H2,1-2H3,(H,12,15). The molecule has 0 bridgehead atoms. The number of ether oxygens (including phenoxy) is 1. The van der Waals surface area contributed by atoms with Crippen LogP contribution in [0.2, 0.25) is 0 Å². The van der Waals surface area contributed by atoms with Crippen LogP contribution in [0.1, 0.15) is 18.6 Å². The highest BCUT2D eigenvalue weighted by Crippen LogP contribution is 2.28. The van der Waals surface area contributed by atoms with Crippen molar-refractivity contribution in [2.75, 3.05) is 13.7 Å². The van der Waals surface area contributed by atoms with Crippen LogP contribution in [0.3, 0.4) is 0 Å². The van der Waals surface area contributed by atoms with Crippen LogP contribution < -0.4 is 10.1 Å². The number of hydrogen-bond donors (Lipinski definition) is 3. The lowest BCUT2D eigenvalue weighted by atomic mass is 10.1. The number of pyridine rings is 1. The molecule has 1 rings (SSSR count). The fourth-order valence-corrected chi connectivity index (χ4v) is 1.49.